The van der Waals surface area contributed by atoms with Gasteiger partial charge < -0.3 is 5.32 Å². The Hall–Kier alpha value is -2.90. The molecule has 0 aliphatic heterocycles. The first kappa shape index (κ1) is 16.6. The smallest absolute Gasteiger partial charge is 0.229 e. The monoisotopic (exact) mass is 357 g/mol. The first-order chi connectivity index (χ1) is 12.3. The molecule has 1 aromatic carbocycles. The first-order valence-corrected chi connectivity index (χ1v) is 8.25. The minimum absolute atomic E-state index is 0.209. The highest BCUT2D eigenvalue weighted by atomic mass is 19.2. The Morgan fingerprint density at radius 3 is 2.77 bits per heavy atom. The van der Waals surface area contributed by atoms with Crippen molar-refractivity contribution in [3.63, 3.8) is 0 Å². The lowest BCUT2D eigenvalue weighted by atomic mass is 9.95. The maximum Gasteiger partial charge on any atom is 0.229 e. The predicted octanol–water partition coefficient (Wildman–Crippen LogP) is 3.16. The summed E-state index contributed by atoms with van der Waals surface area (Å²) >= 11 is 0. The number of hydrogen-bond donors (Lipinski definition) is 2. The van der Waals surface area contributed by atoms with Crippen molar-refractivity contribution in [1.29, 1.82) is 0 Å². The normalized spacial score (nSPS) is 21.8. The van der Waals surface area contributed by atoms with Crippen LogP contribution in [-0.4, -0.2) is 26.3 Å². The third-order valence-corrected chi connectivity index (χ3v) is 5.34. The zero-order valence-electron chi connectivity index (χ0n) is 14.5. The molecular formula is C18H17F2N5O. The summed E-state index contributed by atoms with van der Waals surface area (Å²) in [6.45, 7) is 5.59. The van der Waals surface area contributed by atoms with Crippen LogP contribution >= 0.6 is 0 Å². The van der Waals surface area contributed by atoms with Gasteiger partial charge in [-0.15, -0.1) is 5.10 Å². The molecule has 2 aromatic heterocycles. The first-order valence-electron chi connectivity index (χ1n) is 8.25. The second-order valence-electron chi connectivity index (χ2n) is 7.00. The maximum absolute atomic E-state index is 13.5. The van der Waals surface area contributed by atoms with Crippen molar-refractivity contribution < 1.29 is 13.6 Å². The maximum atomic E-state index is 13.5. The quantitative estimate of drug-likeness (QED) is 0.754. The van der Waals surface area contributed by atoms with E-state index in [9.17, 15) is 13.6 Å². The van der Waals surface area contributed by atoms with Crippen molar-refractivity contribution in [2.45, 2.75) is 32.6 Å². The van der Waals surface area contributed by atoms with E-state index >= 15 is 0 Å². The van der Waals surface area contributed by atoms with Crippen LogP contribution in [0.5, 0.6) is 0 Å². The van der Waals surface area contributed by atoms with Gasteiger partial charge in [0.1, 0.15) is 0 Å². The molecule has 4 rings (SSSR count). The van der Waals surface area contributed by atoms with Crippen molar-refractivity contribution in [1.82, 2.24) is 20.4 Å². The van der Waals surface area contributed by atoms with Crippen LogP contribution in [0.15, 0.2) is 18.2 Å². The van der Waals surface area contributed by atoms with Gasteiger partial charge in [0.05, 0.1) is 11.1 Å². The molecule has 1 aliphatic rings. The molecule has 1 saturated carbocycles. The van der Waals surface area contributed by atoms with Gasteiger partial charge in [-0.3, -0.25) is 9.89 Å². The highest BCUT2D eigenvalue weighted by molar-refractivity contribution is 6.02. The summed E-state index contributed by atoms with van der Waals surface area (Å²) in [7, 11) is 0. The third-order valence-electron chi connectivity index (χ3n) is 5.34. The zero-order chi connectivity index (χ0) is 18.6. The molecule has 1 aliphatic carbocycles. The number of nitrogens with zero attached hydrogens (tertiary/aromatic N) is 3. The van der Waals surface area contributed by atoms with Gasteiger partial charge in [-0.05, 0) is 43.5 Å². The second kappa shape index (κ2) is 5.55. The van der Waals surface area contributed by atoms with Crippen molar-refractivity contribution in [2.75, 3.05) is 5.32 Å². The number of carbonyl (C=O) groups excluding carboxylic acids is 1. The Morgan fingerprint density at radius 1 is 1.27 bits per heavy atom. The summed E-state index contributed by atoms with van der Waals surface area (Å²) in [5, 5.41) is 18.5. The van der Waals surface area contributed by atoms with Crippen LogP contribution in [-0.2, 0) is 10.2 Å². The van der Waals surface area contributed by atoms with E-state index in [-0.39, 0.29) is 11.8 Å². The lowest BCUT2D eigenvalue weighted by Crippen LogP contribution is -2.20. The Labute approximate surface area is 148 Å². The molecular weight excluding hydrogens is 340 g/mol. The number of H-pyrrole nitrogens is 1. The molecule has 134 valence electrons. The molecule has 0 saturated heterocycles. The van der Waals surface area contributed by atoms with Gasteiger partial charge in [0.2, 0.25) is 5.91 Å². The number of hydrogen-bond acceptors (Lipinski definition) is 4. The number of rotatable bonds is 3. The SMILES string of the molecule is Cc1nnc2[nH]nc(NC(=O)C3CC3(C)c3ccc(F)c(F)c3)c2c1C. The number of aryl methyl sites for hydroxylation is 2. The Kier molecular flexibility index (Phi) is 3.54. The third kappa shape index (κ3) is 2.44. The molecule has 6 nitrogen and oxygen atoms in total. The number of halogens is 2. The largest absolute Gasteiger partial charge is 0.308 e. The molecule has 0 spiro atoms. The number of aromatic amines is 1. The molecule has 1 amide bonds. The van der Waals surface area contributed by atoms with E-state index in [2.05, 4.69) is 25.7 Å². The van der Waals surface area contributed by atoms with Crippen LogP contribution < -0.4 is 5.32 Å². The van der Waals surface area contributed by atoms with Gasteiger partial charge in [-0.2, -0.15) is 10.2 Å². The van der Waals surface area contributed by atoms with Gasteiger partial charge in [0.15, 0.2) is 23.1 Å². The van der Waals surface area contributed by atoms with E-state index in [1.165, 1.54) is 6.07 Å². The Bertz CT molecular complexity index is 1050. The molecule has 2 unspecified atom stereocenters. The predicted molar refractivity (Wildman–Crippen MR) is 91.6 cm³/mol. The standard InChI is InChI=1S/C18H17F2N5O/c1-8-9(2)22-24-16-14(8)15(23-25-16)21-17(26)11-7-18(11,3)10-4-5-12(19)13(20)6-10/h4-6,11H,7H2,1-3H3,(H2,21,23,24,25,26). The molecule has 0 radical (unpaired) electrons. The summed E-state index contributed by atoms with van der Waals surface area (Å²) in [5.74, 6) is -1.94. The molecule has 2 N–H and O–H groups in total. The number of benzene rings is 1. The van der Waals surface area contributed by atoms with Crippen LogP contribution in [0.2, 0.25) is 0 Å². The zero-order valence-corrected chi connectivity index (χ0v) is 14.5. The highest BCUT2D eigenvalue weighted by Crippen LogP contribution is 2.54. The van der Waals surface area contributed by atoms with Crippen LogP contribution in [0, 0.1) is 31.4 Å². The van der Waals surface area contributed by atoms with Crippen LogP contribution in [0.3, 0.4) is 0 Å². The van der Waals surface area contributed by atoms with Crippen LogP contribution in [0.25, 0.3) is 11.0 Å². The summed E-state index contributed by atoms with van der Waals surface area (Å²) in [5.41, 5.74) is 2.24. The molecule has 3 aromatic rings. The number of fused-ring (bicyclic) bond motifs is 1. The number of amides is 1. The molecule has 0 bridgehead atoms. The van der Waals surface area contributed by atoms with Crippen LogP contribution in [0.4, 0.5) is 14.6 Å². The van der Waals surface area contributed by atoms with Crippen molar-refractivity contribution in [2.24, 2.45) is 5.92 Å². The van der Waals surface area contributed by atoms with Gasteiger partial charge in [0.25, 0.3) is 0 Å². The molecule has 2 heterocycles. The van der Waals surface area contributed by atoms with Crippen molar-refractivity contribution in [3.8, 4) is 0 Å². The van der Waals surface area contributed by atoms with E-state index in [0.717, 1.165) is 28.8 Å². The summed E-state index contributed by atoms with van der Waals surface area (Å²) in [4.78, 5) is 12.7. The fraction of sp³-hybridized carbons (Fsp3) is 0.333. The Morgan fingerprint density at radius 2 is 2.04 bits per heavy atom. The van der Waals surface area contributed by atoms with Gasteiger partial charge in [-0.25, -0.2) is 8.78 Å². The summed E-state index contributed by atoms with van der Waals surface area (Å²) in [6, 6.07) is 3.78. The average molecular weight is 357 g/mol. The van der Waals surface area contributed by atoms with E-state index in [1.807, 2.05) is 20.8 Å². The fourth-order valence-electron chi connectivity index (χ4n) is 3.35. The van der Waals surface area contributed by atoms with Crippen molar-refractivity contribution in [3.05, 3.63) is 46.7 Å². The topological polar surface area (TPSA) is 83.6 Å². The minimum Gasteiger partial charge on any atom is -0.308 e. The van der Waals surface area contributed by atoms with Crippen LogP contribution in [0.1, 0.15) is 30.2 Å². The molecule has 2 atom stereocenters. The summed E-state index contributed by atoms with van der Waals surface area (Å²) < 4.78 is 26.7. The second-order valence-corrected chi connectivity index (χ2v) is 7.00. The lowest BCUT2D eigenvalue weighted by Gasteiger charge is -2.12. The van der Waals surface area contributed by atoms with Gasteiger partial charge in [0, 0.05) is 11.3 Å². The van der Waals surface area contributed by atoms with Gasteiger partial charge >= 0.3 is 0 Å². The van der Waals surface area contributed by atoms with E-state index in [1.54, 1.807) is 0 Å². The van der Waals surface area contributed by atoms with Gasteiger partial charge in [-0.1, -0.05) is 13.0 Å². The van der Waals surface area contributed by atoms with Crippen molar-refractivity contribution >= 4 is 22.8 Å². The highest BCUT2D eigenvalue weighted by Gasteiger charge is 2.55. The number of carbonyl (C=O) groups is 1. The average Bonchev–Trinajstić information content (AvgIpc) is 3.14. The minimum atomic E-state index is -0.905. The fourth-order valence-corrected chi connectivity index (χ4v) is 3.35. The molecule has 1 fully saturated rings. The Balaban J connectivity index is 1.59. The number of anilines is 1. The van der Waals surface area contributed by atoms with E-state index in [0.29, 0.717) is 23.4 Å². The van der Waals surface area contributed by atoms with E-state index < -0.39 is 17.0 Å². The number of aromatic nitrogens is 4. The summed E-state index contributed by atoms with van der Waals surface area (Å²) in [6.07, 6.45) is 0.560. The lowest BCUT2D eigenvalue weighted by molar-refractivity contribution is -0.117. The molecule has 8 heteroatoms. The number of nitrogens with one attached hydrogen (secondary N) is 2. The molecule has 26 heavy (non-hydrogen) atoms. The van der Waals surface area contributed by atoms with E-state index in [4.69, 9.17) is 0 Å².